The van der Waals surface area contributed by atoms with Crippen molar-refractivity contribution in [3.8, 4) is 0 Å². The van der Waals surface area contributed by atoms with Gasteiger partial charge in [0.05, 0.1) is 6.10 Å². The van der Waals surface area contributed by atoms with Crippen molar-refractivity contribution in [1.82, 2.24) is 0 Å². The highest BCUT2D eigenvalue weighted by Gasteiger charge is 2.60. The molecule has 22 heavy (non-hydrogen) atoms. The first-order valence-corrected chi connectivity index (χ1v) is 9.21. The summed E-state index contributed by atoms with van der Waals surface area (Å²) in [7, 11) is 0. The number of aliphatic hydroxyl groups excluding tert-OH is 1. The largest absolute Gasteiger partial charge is 0.393 e. The van der Waals surface area contributed by atoms with Crippen molar-refractivity contribution in [2.45, 2.75) is 71.3 Å². The Bertz CT molecular complexity index is 524. The summed E-state index contributed by atoms with van der Waals surface area (Å²) in [5.74, 6) is 2.50. The maximum absolute atomic E-state index is 12.9. The molecule has 0 radical (unpaired) electrons. The standard InChI is InChI=1S/C20H30O2/c1-12-8-16-14-10-18(22)17-9-13(21)4-7-20(17,3)15(14)5-6-19(16,2)11-12/h13-17,21H,1,4-11H2,2-3H3/t13-,14-,15+,16+,17-,19-,20-/m0/s1. The fourth-order valence-corrected chi connectivity index (χ4v) is 6.99. The van der Waals surface area contributed by atoms with E-state index < -0.39 is 0 Å². The third-order valence-corrected chi connectivity index (χ3v) is 8.11. The molecule has 0 unspecified atom stereocenters. The first-order valence-electron chi connectivity index (χ1n) is 9.21. The number of hydrogen-bond acceptors (Lipinski definition) is 2. The molecule has 4 aliphatic rings. The molecule has 2 nitrogen and oxygen atoms in total. The number of aliphatic hydroxyl groups is 1. The number of Topliss-reactive ketones (excluding diaryl/α,β-unsaturated/α-hetero) is 1. The average Bonchev–Trinajstić information content (AvgIpc) is 2.76. The highest BCUT2D eigenvalue weighted by atomic mass is 16.3. The van der Waals surface area contributed by atoms with E-state index >= 15 is 0 Å². The molecule has 4 aliphatic carbocycles. The van der Waals surface area contributed by atoms with Crippen molar-refractivity contribution >= 4 is 5.78 Å². The molecule has 7 atom stereocenters. The molecule has 1 N–H and O–H groups in total. The SMILES string of the molecule is C=C1C[C@@H]2[C@H]3CC(=O)[C@@H]4C[C@@H](O)CC[C@@]4(C)[C@@H]3CC[C@@]2(C)C1. The van der Waals surface area contributed by atoms with Gasteiger partial charge in [0.2, 0.25) is 0 Å². The lowest BCUT2D eigenvalue weighted by Gasteiger charge is -2.59. The van der Waals surface area contributed by atoms with Crippen LogP contribution in [0.4, 0.5) is 0 Å². The maximum Gasteiger partial charge on any atom is 0.136 e. The normalized spacial score (nSPS) is 54.6. The van der Waals surface area contributed by atoms with Gasteiger partial charge in [-0.15, -0.1) is 0 Å². The van der Waals surface area contributed by atoms with Crippen LogP contribution in [0, 0.1) is 34.5 Å². The molecule has 0 spiro atoms. The highest BCUT2D eigenvalue weighted by Crippen LogP contribution is 2.66. The molecule has 0 heterocycles. The van der Waals surface area contributed by atoms with E-state index in [1.54, 1.807) is 0 Å². The van der Waals surface area contributed by atoms with Gasteiger partial charge in [0.1, 0.15) is 5.78 Å². The fraction of sp³-hybridized carbons (Fsp3) is 0.850. The Balaban J connectivity index is 1.69. The van der Waals surface area contributed by atoms with Gasteiger partial charge in [-0.05, 0) is 73.5 Å². The summed E-state index contributed by atoms with van der Waals surface area (Å²) in [4.78, 5) is 12.9. The Kier molecular flexibility index (Phi) is 3.18. The van der Waals surface area contributed by atoms with Gasteiger partial charge < -0.3 is 5.11 Å². The molecule has 4 fully saturated rings. The van der Waals surface area contributed by atoms with Gasteiger partial charge in [-0.3, -0.25) is 4.79 Å². The van der Waals surface area contributed by atoms with Crippen molar-refractivity contribution in [2.75, 3.05) is 0 Å². The molecule has 0 saturated heterocycles. The number of fused-ring (bicyclic) bond motifs is 5. The van der Waals surface area contributed by atoms with Crippen molar-refractivity contribution < 1.29 is 9.90 Å². The molecule has 0 aromatic carbocycles. The van der Waals surface area contributed by atoms with Crippen LogP contribution < -0.4 is 0 Å². The van der Waals surface area contributed by atoms with Crippen LogP contribution in [0.2, 0.25) is 0 Å². The number of ketones is 1. The van der Waals surface area contributed by atoms with Crippen molar-refractivity contribution in [3.63, 3.8) is 0 Å². The minimum absolute atomic E-state index is 0.117. The van der Waals surface area contributed by atoms with E-state index in [1.807, 2.05) is 0 Å². The minimum Gasteiger partial charge on any atom is -0.393 e. The Morgan fingerprint density at radius 1 is 1.14 bits per heavy atom. The summed E-state index contributed by atoms with van der Waals surface area (Å²) in [6.45, 7) is 9.08. The summed E-state index contributed by atoms with van der Waals surface area (Å²) in [5, 5.41) is 10.0. The molecule has 4 saturated carbocycles. The first kappa shape index (κ1) is 14.9. The summed E-state index contributed by atoms with van der Waals surface area (Å²) >= 11 is 0. The first-order chi connectivity index (χ1) is 10.3. The van der Waals surface area contributed by atoms with Crippen LogP contribution in [0.3, 0.4) is 0 Å². The van der Waals surface area contributed by atoms with Crippen LogP contribution in [0.25, 0.3) is 0 Å². The molecule has 0 amide bonds. The lowest BCUT2D eigenvalue weighted by atomic mass is 9.45. The van der Waals surface area contributed by atoms with Gasteiger partial charge in [-0.25, -0.2) is 0 Å². The average molecular weight is 302 g/mol. The Labute approximate surface area is 134 Å². The third kappa shape index (κ3) is 1.92. The maximum atomic E-state index is 12.9. The summed E-state index contributed by atoms with van der Waals surface area (Å²) in [5.41, 5.74) is 1.95. The monoisotopic (exact) mass is 302 g/mol. The fourth-order valence-electron chi connectivity index (χ4n) is 6.99. The van der Waals surface area contributed by atoms with E-state index in [2.05, 4.69) is 20.4 Å². The van der Waals surface area contributed by atoms with Crippen molar-refractivity contribution in [1.29, 1.82) is 0 Å². The van der Waals surface area contributed by atoms with Crippen LogP contribution in [0.1, 0.15) is 65.2 Å². The lowest BCUT2D eigenvalue weighted by Crippen LogP contribution is -2.56. The number of carbonyl (C=O) groups is 1. The van der Waals surface area contributed by atoms with Gasteiger partial charge in [-0.2, -0.15) is 0 Å². The van der Waals surface area contributed by atoms with Gasteiger partial charge >= 0.3 is 0 Å². The van der Waals surface area contributed by atoms with Gasteiger partial charge in [0.15, 0.2) is 0 Å². The van der Waals surface area contributed by atoms with Crippen LogP contribution in [0.15, 0.2) is 12.2 Å². The van der Waals surface area contributed by atoms with E-state index in [0.29, 0.717) is 35.4 Å². The smallest absolute Gasteiger partial charge is 0.136 e. The van der Waals surface area contributed by atoms with Crippen molar-refractivity contribution in [3.05, 3.63) is 12.2 Å². The number of allylic oxidation sites excluding steroid dienone is 1. The van der Waals surface area contributed by atoms with Gasteiger partial charge in [-0.1, -0.05) is 26.0 Å². The molecule has 0 bridgehead atoms. The van der Waals surface area contributed by atoms with E-state index in [1.165, 1.54) is 24.8 Å². The van der Waals surface area contributed by atoms with E-state index in [-0.39, 0.29) is 17.4 Å². The zero-order valence-corrected chi connectivity index (χ0v) is 14.1. The molecular formula is C20H30O2. The predicted molar refractivity (Wildman–Crippen MR) is 87.3 cm³/mol. The topological polar surface area (TPSA) is 37.3 Å². The Morgan fingerprint density at radius 2 is 1.91 bits per heavy atom. The van der Waals surface area contributed by atoms with Gasteiger partial charge in [0, 0.05) is 12.3 Å². The second kappa shape index (κ2) is 4.69. The molecule has 0 aliphatic heterocycles. The molecule has 2 heteroatoms. The van der Waals surface area contributed by atoms with E-state index in [0.717, 1.165) is 25.7 Å². The van der Waals surface area contributed by atoms with Crippen LogP contribution >= 0.6 is 0 Å². The molecular weight excluding hydrogens is 272 g/mol. The van der Waals surface area contributed by atoms with E-state index in [9.17, 15) is 9.90 Å². The molecule has 0 aromatic rings. The number of rotatable bonds is 0. The zero-order chi connectivity index (χ0) is 15.7. The number of carbonyl (C=O) groups excluding carboxylic acids is 1. The van der Waals surface area contributed by atoms with Crippen LogP contribution in [-0.2, 0) is 4.79 Å². The molecule has 122 valence electrons. The molecule has 0 aromatic heterocycles. The predicted octanol–water partition coefficient (Wildman–Crippen LogP) is 4.13. The third-order valence-electron chi connectivity index (χ3n) is 8.11. The summed E-state index contributed by atoms with van der Waals surface area (Å²) in [6, 6.07) is 0. The van der Waals surface area contributed by atoms with Crippen LogP contribution in [0.5, 0.6) is 0 Å². The van der Waals surface area contributed by atoms with Crippen LogP contribution in [-0.4, -0.2) is 17.0 Å². The second-order valence-electron chi connectivity index (χ2n) is 9.36. The van der Waals surface area contributed by atoms with Crippen molar-refractivity contribution in [2.24, 2.45) is 34.5 Å². The minimum atomic E-state index is -0.251. The quantitative estimate of drug-likeness (QED) is 0.683. The van der Waals surface area contributed by atoms with Gasteiger partial charge in [0.25, 0.3) is 0 Å². The number of hydrogen-bond donors (Lipinski definition) is 1. The highest BCUT2D eigenvalue weighted by molar-refractivity contribution is 5.83. The summed E-state index contributed by atoms with van der Waals surface area (Å²) < 4.78 is 0. The van der Waals surface area contributed by atoms with E-state index in [4.69, 9.17) is 0 Å². The Hall–Kier alpha value is -0.630. The lowest BCUT2D eigenvalue weighted by molar-refractivity contribution is -0.157. The Morgan fingerprint density at radius 3 is 2.68 bits per heavy atom. The molecule has 4 rings (SSSR count). The second-order valence-corrected chi connectivity index (χ2v) is 9.36. The summed E-state index contributed by atoms with van der Waals surface area (Å²) in [6.07, 6.45) is 8.06. The zero-order valence-electron chi connectivity index (χ0n) is 14.1.